The molecule has 154 valence electrons. The van der Waals surface area contributed by atoms with Crippen molar-refractivity contribution in [2.45, 2.75) is 44.6 Å². The van der Waals surface area contributed by atoms with E-state index in [0.717, 1.165) is 25.7 Å². The normalized spacial score (nSPS) is 18.7. The van der Waals surface area contributed by atoms with Crippen LogP contribution in [0.4, 0.5) is 4.39 Å². The fourth-order valence-corrected chi connectivity index (χ4v) is 3.99. The van der Waals surface area contributed by atoms with Crippen LogP contribution in [0.5, 0.6) is 0 Å². The van der Waals surface area contributed by atoms with Crippen LogP contribution in [0.3, 0.4) is 0 Å². The van der Waals surface area contributed by atoms with E-state index in [2.05, 4.69) is 10.1 Å². The molecule has 3 heterocycles. The van der Waals surface area contributed by atoms with Crippen molar-refractivity contribution >= 4 is 5.91 Å². The molecule has 1 aliphatic carbocycles. The summed E-state index contributed by atoms with van der Waals surface area (Å²) in [5, 5.41) is 4.06. The third-order valence-corrected chi connectivity index (χ3v) is 5.82. The SMILES string of the molecule is Cc1ccn(-c2ccc(F)cc2)c(=O)c1C(=O)N1CCC[C@H]1c1nc(C2CC2)no1. The van der Waals surface area contributed by atoms with Gasteiger partial charge in [0.1, 0.15) is 17.4 Å². The second-order valence-electron chi connectivity index (χ2n) is 7.95. The predicted octanol–water partition coefficient (Wildman–Crippen LogP) is 3.52. The molecule has 2 aliphatic rings. The Balaban J connectivity index is 1.49. The number of hydrogen-bond acceptors (Lipinski definition) is 5. The Bertz CT molecular complexity index is 1160. The minimum Gasteiger partial charge on any atom is -0.337 e. The lowest BCUT2D eigenvalue weighted by Crippen LogP contribution is -2.37. The van der Waals surface area contributed by atoms with Crippen molar-refractivity contribution in [1.82, 2.24) is 19.6 Å². The quantitative estimate of drug-likeness (QED) is 0.660. The second-order valence-corrected chi connectivity index (χ2v) is 7.95. The zero-order valence-corrected chi connectivity index (χ0v) is 16.5. The highest BCUT2D eigenvalue weighted by atomic mass is 19.1. The zero-order valence-electron chi connectivity index (χ0n) is 16.5. The molecule has 2 fully saturated rings. The van der Waals surface area contributed by atoms with Crippen LogP contribution in [0.2, 0.25) is 0 Å². The zero-order chi connectivity index (χ0) is 20.8. The van der Waals surface area contributed by atoms with E-state index in [-0.39, 0.29) is 23.3 Å². The number of aromatic nitrogens is 3. The van der Waals surface area contributed by atoms with Gasteiger partial charge in [0, 0.05) is 24.3 Å². The van der Waals surface area contributed by atoms with Crippen LogP contribution in [0.15, 0.2) is 45.8 Å². The Morgan fingerprint density at radius 1 is 1.17 bits per heavy atom. The summed E-state index contributed by atoms with van der Waals surface area (Å²) in [6, 6.07) is 6.99. The molecule has 8 heteroatoms. The number of pyridine rings is 1. The van der Waals surface area contributed by atoms with Gasteiger partial charge in [-0.2, -0.15) is 4.98 Å². The molecule has 0 spiro atoms. The van der Waals surface area contributed by atoms with Crippen LogP contribution < -0.4 is 5.56 Å². The number of rotatable bonds is 4. The van der Waals surface area contributed by atoms with E-state index in [4.69, 9.17) is 4.52 Å². The molecular formula is C22H21FN4O3. The van der Waals surface area contributed by atoms with Gasteiger partial charge in [-0.05, 0) is 68.5 Å². The minimum atomic E-state index is -0.429. The monoisotopic (exact) mass is 408 g/mol. The van der Waals surface area contributed by atoms with Gasteiger partial charge in [-0.1, -0.05) is 5.16 Å². The van der Waals surface area contributed by atoms with Crippen LogP contribution in [0, 0.1) is 12.7 Å². The van der Waals surface area contributed by atoms with E-state index in [0.29, 0.717) is 35.4 Å². The van der Waals surface area contributed by atoms with Crippen molar-refractivity contribution < 1.29 is 13.7 Å². The highest BCUT2D eigenvalue weighted by Crippen LogP contribution is 2.40. The fraction of sp³-hybridized carbons (Fsp3) is 0.364. The number of aryl methyl sites for hydroxylation is 1. The van der Waals surface area contributed by atoms with Gasteiger partial charge in [-0.3, -0.25) is 14.2 Å². The maximum atomic E-state index is 13.4. The topological polar surface area (TPSA) is 81.2 Å². The first kappa shape index (κ1) is 18.7. The maximum Gasteiger partial charge on any atom is 0.268 e. The van der Waals surface area contributed by atoms with E-state index in [1.165, 1.54) is 28.8 Å². The number of hydrogen-bond donors (Lipinski definition) is 0. The van der Waals surface area contributed by atoms with Crippen molar-refractivity contribution in [3.63, 3.8) is 0 Å². The highest BCUT2D eigenvalue weighted by molar-refractivity contribution is 5.95. The molecule has 0 N–H and O–H groups in total. The molecule has 5 rings (SSSR count). The van der Waals surface area contributed by atoms with E-state index in [9.17, 15) is 14.0 Å². The first-order chi connectivity index (χ1) is 14.5. The van der Waals surface area contributed by atoms with Gasteiger partial charge >= 0.3 is 0 Å². The standard InChI is InChI=1S/C22H21FN4O3/c1-13-10-12-26(16-8-6-15(23)7-9-16)21(28)18(13)22(29)27-11-2-3-17(27)20-24-19(25-30-20)14-4-5-14/h6-10,12,14,17H,2-5,11H2,1H3/t17-/m0/s1. The fourth-order valence-electron chi connectivity index (χ4n) is 3.99. The molecule has 1 amide bonds. The third-order valence-electron chi connectivity index (χ3n) is 5.82. The first-order valence-corrected chi connectivity index (χ1v) is 10.2. The summed E-state index contributed by atoms with van der Waals surface area (Å²) in [5.74, 6) is 0.782. The lowest BCUT2D eigenvalue weighted by Gasteiger charge is -2.23. The lowest BCUT2D eigenvalue weighted by molar-refractivity contribution is 0.0707. The maximum absolute atomic E-state index is 13.4. The lowest BCUT2D eigenvalue weighted by atomic mass is 10.1. The Hall–Kier alpha value is -3.29. The van der Waals surface area contributed by atoms with Crippen LogP contribution in [-0.4, -0.2) is 32.1 Å². The average molecular weight is 408 g/mol. The van der Waals surface area contributed by atoms with E-state index < -0.39 is 5.56 Å². The molecule has 0 radical (unpaired) electrons. The Morgan fingerprint density at radius 2 is 1.93 bits per heavy atom. The molecular weight excluding hydrogens is 387 g/mol. The van der Waals surface area contributed by atoms with Crippen molar-refractivity contribution in [1.29, 1.82) is 0 Å². The average Bonchev–Trinajstić information content (AvgIpc) is 3.26. The van der Waals surface area contributed by atoms with E-state index in [1.54, 1.807) is 24.1 Å². The molecule has 7 nitrogen and oxygen atoms in total. The number of likely N-dealkylation sites (tertiary alicyclic amines) is 1. The summed E-state index contributed by atoms with van der Waals surface area (Å²) in [7, 11) is 0. The number of carbonyl (C=O) groups is 1. The molecule has 3 aromatic rings. The van der Waals surface area contributed by atoms with Crippen LogP contribution >= 0.6 is 0 Å². The Kier molecular flexibility index (Phi) is 4.49. The summed E-state index contributed by atoms with van der Waals surface area (Å²) in [5.41, 5.74) is 0.773. The summed E-state index contributed by atoms with van der Waals surface area (Å²) in [6.45, 7) is 2.27. The van der Waals surface area contributed by atoms with Crippen LogP contribution in [0.25, 0.3) is 5.69 Å². The smallest absolute Gasteiger partial charge is 0.268 e. The van der Waals surface area contributed by atoms with Gasteiger partial charge in [0.25, 0.3) is 11.5 Å². The molecule has 2 aromatic heterocycles. The molecule has 1 saturated heterocycles. The van der Waals surface area contributed by atoms with E-state index >= 15 is 0 Å². The van der Waals surface area contributed by atoms with Crippen LogP contribution in [0.1, 0.15) is 65.3 Å². The van der Waals surface area contributed by atoms with Gasteiger partial charge in [0.2, 0.25) is 5.89 Å². The molecule has 0 bridgehead atoms. The number of amides is 1. The van der Waals surface area contributed by atoms with E-state index in [1.807, 2.05) is 0 Å². The number of nitrogens with zero attached hydrogens (tertiary/aromatic N) is 4. The Morgan fingerprint density at radius 3 is 2.67 bits per heavy atom. The second kappa shape index (κ2) is 7.19. The minimum absolute atomic E-state index is 0.107. The number of carbonyl (C=O) groups excluding carboxylic acids is 1. The van der Waals surface area contributed by atoms with Gasteiger partial charge < -0.3 is 9.42 Å². The van der Waals surface area contributed by atoms with Gasteiger partial charge in [0.05, 0.1) is 0 Å². The largest absolute Gasteiger partial charge is 0.337 e. The molecule has 30 heavy (non-hydrogen) atoms. The van der Waals surface area contributed by atoms with Gasteiger partial charge in [-0.15, -0.1) is 0 Å². The first-order valence-electron chi connectivity index (χ1n) is 10.2. The molecule has 1 aromatic carbocycles. The Labute approximate surface area is 172 Å². The van der Waals surface area contributed by atoms with Crippen molar-refractivity contribution in [3.05, 3.63) is 75.5 Å². The van der Waals surface area contributed by atoms with Crippen molar-refractivity contribution in [2.75, 3.05) is 6.54 Å². The summed E-state index contributed by atoms with van der Waals surface area (Å²) in [6.07, 6.45) is 5.26. The summed E-state index contributed by atoms with van der Waals surface area (Å²) >= 11 is 0. The molecule has 0 unspecified atom stereocenters. The molecule has 1 atom stereocenters. The molecule has 1 aliphatic heterocycles. The summed E-state index contributed by atoms with van der Waals surface area (Å²) in [4.78, 5) is 32.8. The van der Waals surface area contributed by atoms with Crippen LogP contribution in [-0.2, 0) is 0 Å². The van der Waals surface area contributed by atoms with Crippen molar-refractivity contribution in [3.8, 4) is 5.69 Å². The molecule has 1 saturated carbocycles. The van der Waals surface area contributed by atoms with Crippen molar-refractivity contribution in [2.24, 2.45) is 0 Å². The third kappa shape index (κ3) is 3.22. The number of benzene rings is 1. The highest BCUT2D eigenvalue weighted by Gasteiger charge is 2.37. The van der Waals surface area contributed by atoms with Gasteiger partial charge in [0.15, 0.2) is 5.82 Å². The van der Waals surface area contributed by atoms with Gasteiger partial charge in [-0.25, -0.2) is 4.39 Å². The number of halogens is 1. The summed E-state index contributed by atoms with van der Waals surface area (Å²) < 4.78 is 20.1. The predicted molar refractivity (Wildman–Crippen MR) is 106 cm³/mol.